The van der Waals surface area contributed by atoms with Crippen LogP contribution in [0.25, 0.3) is 21.9 Å². The molecule has 0 bridgehead atoms. The molecule has 0 aliphatic carbocycles. The van der Waals surface area contributed by atoms with Gasteiger partial charge in [0.15, 0.2) is 0 Å². The zero-order valence-electron chi connectivity index (χ0n) is 17.8. The number of furan rings is 1. The van der Waals surface area contributed by atoms with Crippen LogP contribution in [-0.2, 0) is 16.0 Å². The van der Waals surface area contributed by atoms with E-state index in [2.05, 4.69) is 10.2 Å². The molecule has 0 atom stereocenters. The number of amides is 1. The largest absolute Gasteiger partial charge is 0.461 e. The minimum absolute atomic E-state index is 0.0170. The summed E-state index contributed by atoms with van der Waals surface area (Å²) in [6.07, 6.45) is 0.886. The molecule has 2 aromatic heterocycles. The van der Waals surface area contributed by atoms with Gasteiger partial charge in [-0.25, -0.2) is 4.79 Å². The highest BCUT2D eigenvalue weighted by Crippen LogP contribution is 2.30. The molecule has 7 nitrogen and oxygen atoms in total. The topological polar surface area (TPSA) is 84.9 Å². The summed E-state index contributed by atoms with van der Waals surface area (Å²) in [6.45, 7) is 10.7. The quantitative estimate of drug-likeness (QED) is 0.495. The first-order chi connectivity index (χ1) is 14.4. The standard InChI is InChI=1S/C23H28N2O5/c1-14-16(3)29-20-13-21-18(11-17(14)20)15(2)19(23(27)30-21)12-22(26)24-5-4-6-25-7-9-28-10-8-25/h11,13H,4-10,12H2,1-3H3,(H,24,26). The molecule has 1 aliphatic heterocycles. The van der Waals surface area contributed by atoms with Crippen LogP contribution in [-0.4, -0.2) is 50.2 Å². The summed E-state index contributed by atoms with van der Waals surface area (Å²) in [7, 11) is 0. The summed E-state index contributed by atoms with van der Waals surface area (Å²) in [5, 5.41) is 4.75. The van der Waals surface area contributed by atoms with Gasteiger partial charge < -0.3 is 18.9 Å². The Balaban J connectivity index is 1.46. The highest BCUT2D eigenvalue weighted by Gasteiger charge is 2.17. The molecule has 7 heteroatoms. The van der Waals surface area contributed by atoms with Crippen LogP contribution in [0.1, 0.15) is 28.9 Å². The Morgan fingerprint density at radius 1 is 1.03 bits per heavy atom. The normalized spacial score (nSPS) is 15.2. The number of fused-ring (bicyclic) bond motifs is 2. The van der Waals surface area contributed by atoms with Crippen LogP contribution in [0.3, 0.4) is 0 Å². The fourth-order valence-electron chi connectivity index (χ4n) is 4.01. The number of benzene rings is 1. The highest BCUT2D eigenvalue weighted by molar-refractivity contribution is 5.97. The molecule has 0 saturated carbocycles. The predicted molar refractivity (Wildman–Crippen MR) is 115 cm³/mol. The Bertz CT molecular complexity index is 1140. The van der Waals surface area contributed by atoms with Gasteiger partial charge in [0.2, 0.25) is 5.91 Å². The average Bonchev–Trinajstić information content (AvgIpc) is 3.01. The van der Waals surface area contributed by atoms with E-state index >= 15 is 0 Å². The molecule has 1 saturated heterocycles. The first kappa shape index (κ1) is 20.6. The molecule has 1 fully saturated rings. The molecule has 30 heavy (non-hydrogen) atoms. The number of hydrogen-bond donors (Lipinski definition) is 1. The predicted octanol–water partition coefficient (Wildman–Crippen LogP) is 2.85. The SMILES string of the molecule is Cc1oc2cc3oc(=O)c(CC(=O)NCCCN4CCOCC4)c(C)c3cc2c1C. The summed E-state index contributed by atoms with van der Waals surface area (Å²) >= 11 is 0. The van der Waals surface area contributed by atoms with E-state index in [1.165, 1.54) is 0 Å². The van der Waals surface area contributed by atoms with Crippen molar-refractivity contribution in [1.82, 2.24) is 10.2 Å². The maximum absolute atomic E-state index is 12.5. The molecular formula is C23H28N2O5. The van der Waals surface area contributed by atoms with Gasteiger partial charge in [-0.15, -0.1) is 0 Å². The number of ether oxygens (including phenoxy) is 1. The number of carbonyl (C=O) groups is 1. The number of morpholine rings is 1. The molecular weight excluding hydrogens is 384 g/mol. The smallest absolute Gasteiger partial charge is 0.340 e. The lowest BCUT2D eigenvalue weighted by Gasteiger charge is -2.26. The summed E-state index contributed by atoms with van der Waals surface area (Å²) in [5.74, 6) is 0.681. The summed E-state index contributed by atoms with van der Waals surface area (Å²) < 4.78 is 16.6. The molecule has 4 rings (SSSR count). The van der Waals surface area contributed by atoms with Gasteiger partial charge in [0, 0.05) is 36.5 Å². The third-order valence-corrected chi connectivity index (χ3v) is 6.00. The Hall–Kier alpha value is -2.64. The zero-order chi connectivity index (χ0) is 21.3. The molecule has 0 spiro atoms. The van der Waals surface area contributed by atoms with Gasteiger partial charge in [-0.3, -0.25) is 9.69 Å². The average molecular weight is 412 g/mol. The summed E-state index contributed by atoms with van der Waals surface area (Å²) in [6, 6.07) is 3.74. The van der Waals surface area contributed by atoms with Crippen LogP contribution in [0.4, 0.5) is 0 Å². The lowest BCUT2D eigenvalue weighted by Crippen LogP contribution is -2.38. The van der Waals surface area contributed by atoms with Gasteiger partial charge in [-0.2, -0.15) is 0 Å². The number of aryl methyl sites for hydroxylation is 3. The first-order valence-corrected chi connectivity index (χ1v) is 10.5. The molecule has 1 amide bonds. The van der Waals surface area contributed by atoms with Crippen LogP contribution in [0, 0.1) is 20.8 Å². The van der Waals surface area contributed by atoms with Crippen molar-refractivity contribution < 1.29 is 18.4 Å². The van der Waals surface area contributed by atoms with Gasteiger partial charge >= 0.3 is 5.63 Å². The Morgan fingerprint density at radius 2 is 1.73 bits per heavy atom. The van der Waals surface area contributed by atoms with Gasteiger partial charge in [0.1, 0.15) is 16.9 Å². The van der Waals surface area contributed by atoms with Gasteiger partial charge in [-0.1, -0.05) is 0 Å². The van der Waals surface area contributed by atoms with Crippen LogP contribution >= 0.6 is 0 Å². The van der Waals surface area contributed by atoms with Gasteiger partial charge in [0.25, 0.3) is 0 Å². The van der Waals surface area contributed by atoms with E-state index in [1.807, 2.05) is 26.8 Å². The molecule has 0 unspecified atom stereocenters. The Labute approximate surface area is 175 Å². The lowest BCUT2D eigenvalue weighted by molar-refractivity contribution is -0.120. The van der Waals surface area contributed by atoms with E-state index in [1.54, 1.807) is 6.07 Å². The monoisotopic (exact) mass is 412 g/mol. The highest BCUT2D eigenvalue weighted by atomic mass is 16.5. The first-order valence-electron chi connectivity index (χ1n) is 10.5. The van der Waals surface area contributed by atoms with Crippen molar-refractivity contribution in [2.24, 2.45) is 0 Å². The van der Waals surface area contributed by atoms with Crippen LogP contribution in [0.5, 0.6) is 0 Å². The number of hydrogen-bond acceptors (Lipinski definition) is 6. The van der Waals surface area contributed by atoms with Gasteiger partial charge in [0.05, 0.1) is 25.2 Å². The minimum Gasteiger partial charge on any atom is -0.461 e. The Kier molecular flexibility index (Phi) is 5.92. The Morgan fingerprint density at radius 3 is 2.50 bits per heavy atom. The molecule has 3 heterocycles. The fourth-order valence-corrected chi connectivity index (χ4v) is 4.01. The van der Waals surface area contributed by atoms with E-state index in [4.69, 9.17) is 13.6 Å². The molecule has 0 radical (unpaired) electrons. The van der Waals surface area contributed by atoms with E-state index in [-0.39, 0.29) is 12.3 Å². The lowest BCUT2D eigenvalue weighted by atomic mass is 10.0. The van der Waals surface area contributed by atoms with Crippen molar-refractivity contribution in [3.05, 3.63) is 45.0 Å². The second-order valence-electron chi connectivity index (χ2n) is 7.96. The maximum Gasteiger partial charge on any atom is 0.340 e. The summed E-state index contributed by atoms with van der Waals surface area (Å²) in [5.41, 5.74) is 2.97. The van der Waals surface area contributed by atoms with Crippen molar-refractivity contribution >= 4 is 27.8 Å². The van der Waals surface area contributed by atoms with Crippen molar-refractivity contribution in [3.63, 3.8) is 0 Å². The molecule has 1 aliphatic rings. The van der Waals surface area contributed by atoms with Crippen molar-refractivity contribution in [2.75, 3.05) is 39.4 Å². The zero-order valence-corrected chi connectivity index (χ0v) is 17.8. The van der Waals surface area contributed by atoms with Crippen molar-refractivity contribution in [2.45, 2.75) is 33.6 Å². The van der Waals surface area contributed by atoms with Crippen LogP contribution < -0.4 is 10.9 Å². The van der Waals surface area contributed by atoms with Gasteiger partial charge in [-0.05, 0) is 50.9 Å². The van der Waals surface area contributed by atoms with E-state index in [9.17, 15) is 9.59 Å². The third-order valence-electron chi connectivity index (χ3n) is 6.00. The van der Waals surface area contributed by atoms with Crippen molar-refractivity contribution in [3.8, 4) is 0 Å². The van der Waals surface area contributed by atoms with E-state index in [0.29, 0.717) is 23.3 Å². The number of carbonyl (C=O) groups excluding carboxylic acids is 1. The maximum atomic E-state index is 12.5. The second kappa shape index (κ2) is 8.62. The second-order valence-corrected chi connectivity index (χ2v) is 7.96. The molecule has 1 N–H and O–H groups in total. The van der Waals surface area contributed by atoms with E-state index in [0.717, 1.165) is 66.9 Å². The molecule has 1 aromatic carbocycles. The summed E-state index contributed by atoms with van der Waals surface area (Å²) in [4.78, 5) is 27.3. The molecule has 3 aromatic rings. The number of rotatable bonds is 6. The van der Waals surface area contributed by atoms with Crippen LogP contribution in [0.2, 0.25) is 0 Å². The van der Waals surface area contributed by atoms with Crippen LogP contribution in [0.15, 0.2) is 25.8 Å². The third kappa shape index (κ3) is 4.13. The minimum atomic E-state index is -0.470. The number of nitrogens with zero attached hydrogens (tertiary/aromatic N) is 1. The van der Waals surface area contributed by atoms with Crippen molar-refractivity contribution in [1.29, 1.82) is 0 Å². The molecule has 160 valence electrons. The van der Waals surface area contributed by atoms with E-state index < -0.39 is 5.63 Å². The number of nitrogens with one attached hydrogen (secondary N) is 1. The fraction of sp³-hybridized carbons (Fsp3) is 0.478.